The third-order valence-electron chi connectivity index (χ3n) is 3.98. The number of carbonyl (C=O) groups is 4. The Bertz CT molecular complexity index is 931. The van der Waals surface area contributed by atoms with E-state index < -0.39 is 23.9 Å². The standard InChI is InChI=1S/C20H18O8/c1-25-17(21)12-10-13(18(22)26-2)15(19(23)27-3)16(20(24)28-4)14(12)11-8-6-5-7-9-11/h5-10H,1-4H3. The highest BCUT2D eigenvalue weighted by Crippen LogP contribution is 2.34. The second kappa shape index (κ2) is 8.81. The molecule has 0 aliphatic carbocycles. The Kier molecular flexibility index (Phi) is 6.49. The first-order valence-electron chi connectivity index (χ1n) is 8.00. The Morgan fingerprint density at radius 2 is 1.07 bits per heavy atom. The summed E-state index contributed by atoms with van der Waals surface area (Å²) in [6.07, 6.45) is 0. The van der Waals surface area contributed by atoms with E-state index >= 15 is 0 Å². The van der Waals surface area contributed by atoms with Gasteiger partial charge < -0.3 is 18.9 Å². The number of rotatable bonds is 5. The highest BCUT2D eigenvalue weighted by Gasteiger charge is 2.34. The summed E-state index contributed by atoms with van der Waals surface area (Å²) in [5, 5.41) is 0. The molecule has 8 nitrogen and oxygen atoms in total. The largest absolute Gasteiger partial charge is 0.465 e. The summed E-state index contributed by atoms with van der Waals surface area (Å²) in [6.45, 7) is 0. The van der Waals surface area contributed by atoms with E-state index in [1.54, 1.807) is 30.3 Å². The summed E-state index contributed by atoms with van der Waals surface area (Å²) in [6, 6.07) is 9.51. The Hall–Kier alpha value is -3.68. The molecule has 0 aliphatic heterocycles. The maximum Gasteiger partial charge on any atom is 0.339 e. The molecule has 146 valence electrons. The van der Waals surface area contributed by atoms with Gasteiger partial charge in [-0.05, 0) is 11.6 Å². The number of carbonyl (C=O) groups excluding carboxylic acids is 4. The first kappa shape index (κ1) is 20.6. The SMILES string of the molecule is COC(=O)c1cc(C(=O)OC)c(-c2ccccc2)c(C(=O)OC)c1C(=O)OC. The zero-order valence-corrected chi connectivity index (χ0v) is 15.7. The molecule has 0 aliphatic rings. The smallest absolute Gasteiger partial charge is 0.339 e. The Balaban J connectivity index is 3.11. The molecular weight excluding hydrogens is 368 g/mol. The molecule has 0 saturated heterocycles. The third-order valence-corrected chi connectivity index (χ3v) is 3.98. The third kappa shape index (κ3) is 3.71. The highest BCUT2D eigenvalue weighted by atomic mass is 16.5. The molecule has 2 aromatic carbocycles. The van der Waals surface area contributed by atoms with Gasteiger partial charge in [0.05, 0.1) is 50.7 Å². The van der Waals surface area contributed by atoms with Gasteiger partial charge in [-0.3, -0.25) is 0 Å². The Labute approximate surface area is 161 Å². The van der Waals surface area contributed by atoms with E-state index in [4.69, 9.17) is 18.9 Å². The second-order valence-electron chi connectivity index (χ2n) is 5.43. The van der Waals surface area contributed by atoms with Crippen LogP contribution >= 0.6 is 0 Å². The normalized spacial score (nSPS) is 10.0. The number of ether oxygens (including phenoxy) is 4. The van der Waals surface area contributed by atoms with Crippen LogP contribution in [0.4, 0.5) is 0 Å². The van der Waals surface area contributed by atoms with Crippen molar-refractivity contribution in [2.24, 2.45) is 0 Å². The van der Waals surface area contributed by atoms with Gasteiger partial charge in [-0.2, -0.15) is 0 Å². The van der Waals surface area contributed by atoms with Crippen LogP contribution in [0, 0.1) is 0 Å². The van der Waals surface area contributed by atoms with Gasteiger partial charge in [-0.1, -0.05) is 30.3 Å². The van der Waals surface area contributed by atoms with Crippen LogP contribution in [-0.2, 0) is 18.9 Å². The molecule has 0 saturated carbocycles. The summed E-state index contributed by atoms with van der Waals surface area (Å²) < 4.78 is 19.1. The van der Waals surface area contributed by atoms with Gasteiger partial charge in [0.25, 0.3) is 0 Å². The lowest BCUT2D eigenvalue weighted by Gasteiger charge is -2.18. The fraction of sp³-hybridized carbons (Fsp3) is 0.200. The average molecular weight is 386 g/mol. The fourth-order valence-electron chi connectivity index (χ4n) is 2.75. The van der Waals surface area contributed by atoms with Crippen LogP contribution in [0.15, 0.2) is 36.4 Å². The summed E-state index contributed by atoms with van der Waals surface area (Å²) in [5.41, 5.74) is -0.592. The van der Waals surface area contributed by atoms with Gasteiger partial charge >= 0.3 is 23.9 Å². The maximum absolute atomic E-state index is 12.6. The molecular formula is C20H18O8. The molecule has 8 heteroatoms. The molecule has 0 spiro atoms. The lowest BCUT2D eigenvalue weighted by atomic mass is 9.87. The van der Waals surface area contributed by atoms with E-state index in [0.717, 1.165) is 34.5 Å². The Morgan fingerprint density at radius 3 is 1.57 bits per heavy atom. The zero-order chi connectivity index (χ0) is 20.8. The topological polar surface area (TPSA) is 105 Å². The van der Waals surface area contributed by atoms with E-state index in [1.807, 2.05) is 0 Å². The van der Waals surface area contributed by atoms with Crippen LogP contribution in [0.1, 0.15) is 41.4 Å². The van der Waals surface area contributed by atoms with E-state index in [9.17, 15) is 19.2 Å². The van der Waals surface area contributed by atoms with Gasteiger partial charge in [0.1, 0.15) is 0 Å². The lowest BCUT2D eigenvalue weighted by molar-refractivity contribution is 0.0534. The number of methoxy groups -OCH3 is 4. The average Bonchev–Trinajstić information content (AvgIpc) is 2.75. The Morgan fingerprint density at radius 1 is 0.607 bits per heavy atom. The van der Waals surface area contributed by atoms with Crippen LogP contribution in [0.3, 0.4) is 0 Å². The first-order chi connectivity index (χ1) is 13.4. The fourth-order valence-corrected chi connectivity index (χ4v) is 2.75. The highest BCUT2D eigenvalue weighted by molar-refractivity contribution is 6.17. The van der Waals surface area contributed by atoms with Crippen molar-refractivity contribution in [3.8, 4) is 11.1 Å². The predicted octanol–water partition coefficient (Wildman–Crippen LogP) is 2.50. The van der Waals surface area contributed by atoms with Crippen LogP contribution in [0.5, 0.6) is 0 Å². The summed E-state index contributed by atoms with van der Waals surface area (Å²) in [4.78, 5) is 49.9. The van der Waals surface area contributed by atoms with Crippen LogP contribution in [0.2, 0.25) is 0 Å². The maximum atomic E-state index is 12.6. The molecule has 28 heavy (non-hydrogen) atoms. The molecule has 0 unspecified atom stereocenters. The summed E-state index contributed by atoms with van der Waals surface area (Å²) >= 11 is 0. The van der Waals surface area contributed by atoms with Crippen LogP contribution < -0.4 is 0 Å². The zero-order valence-electron chi connectivity index (χ0n) is 15.7. The van der Waals surface area contributed by atoms with Gasteiger partial charge in [0.2, 0.25) is 0 Å². The monoisotopic (exact) mass is 386 g/mol. The van der Waals surface area contributed by atoms with Gasteiger partial charge in [0, 0.05) is 5.56 Å². The van der Waals surface area contributed by atoms with Gasteiger partial charge in [-0.25, -0.2) is 19.2 Å². The number of benzene rings is 2. The number of esters is 4. The molecule has 0 bridgehead atoms. The van der Waals surface area contributed by atoms with E-state index in [2.05, 4.69) is 0 Å². The van der Waals surface area contributed by atoms with Crippen molar-refractivity contribution < 1.29 is 38.1 Å². The lowest BCUT2D eigenvalue weighted by Crippen LogP contribution is -2.22. The van der Waals surface area contributed by atoms with E-state index in [-0.39, 0.29) is 27.8 Å². The molecule has 0 radical (unpaired) electrons. The van der Waals surface area contributed by atoms with Crippen molar-refractivity contribution in [2.75, 3.05) is 28.4 Å². The van der Waals surface area contributed by atoms with Crippen LogP contribution in [0.25, 0.3) is 11.1 Å². The molecule has 0 fully saturated rings. The minimum Gasteiger partial charge on any atom is -0.465 e. The van der Waals surface area contributed by atoms with Crippen molar-refractivity contribution >= 4 is 23.9 Å². The summed E-state index contributed by atoms with van der Waals surface area (Å²) in [5.74, 6) is -3.65. The predicted molar refractivity (Wildman–Crippen MR) is 97.2 cm³/mol. The quantitative estimate of drug-likeness (QED) is 0.570. The van der Waals surface area contributed by atoms with Crippen molar-refractivity contribution in [3.05, 3.63) is 58.7 Å². The molecule has 0 heterocycles. The van der Waals surface area contributed by atoms with Crippen molar-refractivity contribution in [3.63, 3.8) is 0 Å². The van der Waals surface area contributed by atoms with Crippen molar-refractivity contribution in [2.45, 2.75) is 0 Å². The minimum atomic E-state index is -0.964. The second-order valence-corrected chi connectivity index (χ2v) is 5.43. The van der Waals surface area contributed by atoms with Gasteiger partial charge in [-0.15, -0.1) is 0 Å². The van der Waals surface area contributed by atoms with Crippen molar-refractivity contribution in [1.29, 1.82) is 0 Å². The molecule has 2 rings (SSSR count). The number of hydrogen-bond donors (Lipinski definition) is 0. The minimum absolute atomic E-state index is 0.0763. The molecule has 0 aromatic heterocycles. The van der Waals surface area contributed by atoms with Crippen LogP contribution in [-0.4, -0.2) is 52.3 Å². The molecule has 0 amide bonds. The summed E-state index contributed by atoms with van der Waals surface area (Å²) in [7, 11) is 4.47. The van der Waals surface area contributed by atoms with Crippen molar-refractivity contribution in [1.82, 2.24) is 0 Å². The first-order valence-corrected chi connectivity index (χ1v) is 8.00. The number of hydrogen-bond acceptors (Lipinski definition) is 8. The van der Waals surface area contributed by atoms with E-state index in [0.29, 0.717) is 5.56 Å². The molecule has 0 N–H and O–H groups in total. The van der Waals surface area contributed by atoms with Gasteiger partial charge in [0.15, 0.2) is 0 Å². The molecule has 0 atom stereocenters. The van der Waals surface area contributed by atoms with E-state index in [1.165, 1.54) is 0 Å². The molecule has 2 aromatic rings.